The van der Waals surface area contributed by atoms with E-state index in [1.807, 2.05) is 54.8 Å². The molecule has 1 aliphatic carbocycles. The monoisotopic (exact) mass is 543 g/mol. The number of carbonyl (C=O) groups is 2. The first-order valence-electron chi connectivity index (χ1n) is 14.4. The van der Waals surface area contributed by atoms with Crippen molar-refractivity contribution >= 4 is 29.1 Å². The highest BCUT2D eigenvalue weighted by Crippen LogP contribution is 2.50. The summed E-state index contributed by atoms with van der Waals surface area (Å²) in [5, 5.41) is 13.0. The van der Waals surface area contributed by atoms with Crippen LogP contribution in [0.15, 0.2) is 42.5 Å². The van der Waals surface area contributed by atoms with Crippen LogP contribution in [0.4, 0.5) is 21.9 Å². The maximum Gasteiger partial charge on any atom is 0.410 e. The topological polar surface area (TPSA) is 88.9 Å². The molecule has 2 aromatic carbocycles. The first-order valence-corrected chi connectivity index (χ1v) is 14.4. The van der Waals surface area contributed by atoms with Gasteiger partial charge in [-0.25, -0.2) is 4.79 Å². The standard InChI is InChI=1S/C32H41N5O3/c1-20-19-35(15-16-36(20)31(39)40-32(4,5)6)26-13-14-28-27(17-26)29(34-25-11-7-23(18-33)8-12-25)21(2)30(24-9-10-24)37(28)22(3)38/h7-8,11-14,17,20-21,24,29-30,34H,9-10,15-16,19H2,1-6H3/t20?,21-,29-,30-/m1/s1. The Hall–Kier alpha value is -3.73. The predicted molar refractivity (Wildman–Crippen MR) is 157 cm³/mol. The van der Waals surface area contributed by atoms with Crippen LogP contribution in [0.2, 0.25) is 0 Å². The van der Waals surface area contributed by atoms with Gasteiger partial charge in [0.15, 0.2) is 0 Å². The van der Waals surface area contributed by atoms with Crippen molar-refractivity contribution in [2.45, 2.75) is 78.1 Å². The Labute approximate surface area is 237 Å². The summed E-state index contributed by atoms with van der Waals surface area (Å²) in [5.74, 6) is 0.783. The van der Waals surface area contributed by atoms with Gasteiger partial charge in [0, 0.05) is 67.2 Å². The SMILES string of the molecule is CC(=O)N1c2ccc(N3CCN(C(=O)OC(C)(C)C)C(C)C3)cc2[C@H](Nc2ccc(C#N)cc2)[C@@H](C)[C@@H]1C1CC1. The Morgan fingerprint density at radius 1 is 1.05 bits per heavy atom. The lowest BCUT2D eigenvalue weighted by Gasteiger charge is -2.47. The van der Waals surface area contributed by atoms with Crippen LogP contribution in [0.5, 0.6) is 0 Å². The number of nitrogens with one attached hydrogen (secondary N) is 1. The van der Waals surface area contributed by atoms with Crippen LogP contribution in [0, 0.1) is 23.2 Å². The Balaban J connectivity index is 1.45. The Kier molecular flexibility index (Phi) is 7.43. The van der Waals surface area contributed by atoms with E-state index in [-0.39, 0.29) is 36.0 Å². The zero-order valence-corrected chi connectivity index (χ0v) is 24.5. The zero-order chi connectivity index (χ0) is 28.8. The van der Waals surface area contributed by atoms with Gasteiger partial charge in [0.2, 0.25) is 5.91 Å². The summed E-state index contributed by atoms with van der Waals surface area (Å²) < 4.78 is 5.63. The third-order valence-electron chi connectivity index (χ3n) is 8.37. The number of carbonyl (C=O) groups excluding carboxylic acids is 2. The van der Waals surface area contributed by atoms with Crippen molar-refractivity contribution in [3.63, 3.8) is 0 Å². The number of rotatable bonds is 4. The number of ether oxygens (including phenoxy) is 1. The van der Waals surface area contributed by atoms with Gasteiger partial charge in [-0.05, 0) is 88.9 Å². The molecule has 1 saturated carbocycles. The fraction of sp³-hybridized carbons (Fsp3) is 0.531. The largest absolute Gasteiger partial charge is 0.444 e. The van der Waals surface area contributed by atoms with Gasteiger partial charge in [-0.1, -0.05) is 6.92 Å². The van der Waals surface area contributed by atoms with Crippen LogP contribution >= 0.6 is 0 Å². The number of amides is 2. The van der Waals surface area contributed by atoms with E-state index in [2.05, 4.69) is 48.3 Å². The third-order valence-corrected chi connectivity index (χ3v) is 8.37. The fourth-order valence-electron chi connectivity index (χ4n) is 6.35. The number of nitrogens with zero attached hydrogens (tertiary/aromatic N) is 4. The molecule has 8 heteroatoms. The van der Waals surface area contributed by atoms with Crippen molar-refractivity contribution in [1.82, 2.24) is 4.90 Å². The molecule has 2 heterocycles. The molecule has 2 aromatic rings. The summed E-state index contributed by atoms with van der Waals surface area (Å²) >= 11 is 0. The Bertz CT molecular complexity index is 1310. The maximum absolute atomic E-state index is 13.0. The van der Waals surface area contributed by atoms with E-state index in [0.717, 1.165) is 35.5 Å². The summed E-state index contributed by atoms with van der Waals surface area (Å²) in [6, 6.07) is 16.3. The second-order valence-corrected chi connectivity index (χ2v) is 12.6. The van der Waals surface area contributed by atoms with Crippen molar-refractivity contribution in [1.29, 1.82) is 5.26 Å². The molecule has 2 amide bonds. The molecule has 8 nitrogen and oxygen atoms in total. The normalized spacial score (nSPS) is 24.7. The second-order valence-electron chi connectivity index (χ2n) is 12.6. The molecule has 1 unspecified atom stereocenters. The first kappa shape index (κ1) is 27.8. The molecule has 5 rings (SSSR count). The molecule has 4 atom stereocenters. The van der Waals surface area contributed by atoms with E-state index >= 15 is 0 Å². The lowest BCUT2D eigenvalue weighted by atomic mass is 9.79. The smallest absolute Gasteiger partial charge is 0.410 e. The first-order chi connectivity index (χ1) is 19.0. The number of anilines is 3. The van der Waals surface area contributed by atoms with E-state index in [9.17, 15) is 14.9 Å². The van der Waals surface area contributed by atoms with Crippen LogP contribution < -0.4 is 15.1 Å². The van der Waals surface area contributed by atoms with Crippen LogP contribution in [0.25, 0.3) is 0 Å². The summed E-state index contributed by atoms with van der Waals surface area (Å²) in [7, 11) is 0. The van der Waals surface area contributed by atoms with Crippen molar-refractivity contribution in [3.8, 4) is 6.07 Å². The fourth-order valence-corrected chi connectivity index (χ4v) is 6.35. The van der Waals surface area contributed by atoms with Gasteiger partial charge < -0.3 is 24.8 Å². The molecule has 1 saturated heterocycles. The highest BCUT2D eigenvalue weighted by Gasteiger charge is 2.47. The van der Waals surface area contributed by atoms with Gasteiger partial charge in [-0.15, -0.1) is 0 Å². The Morgan fingerprint density at radius 3 is 2.33 bits per heavy atom. The molecular formula is C32H41N5O3. The van der Waals surface area contributed by atoms with Gasteiger partial charge in [0.25, 0.3) is 0 Å². The molecule has 0 radical (unpaired) electrons. The highest BCUT2D eigenvalue weighted by molar-refractivity contribution is 5.94. The second kappa shape index (κ2) is 10.7. The van der Waals surface area contributed by atoms with Gasteiger partial charge >= 0.3 is 6.09 Å². The molecule has 1 N–H and O–H groups in total. The van der Waals surface area contributed by atoms with Crippen molar-refractivity contribution in [2.24, 2.45) is 11.8 Å². The summed E-state index contributed by atoms with van der Waals surface area (Å²) in [5.41, 5.74) is 4.21. The highest BCUT2D eigenvalue weighted by atomic mass is 16.6. The number of hydrogen-bond acceptors (Lipinski definition) is 6. The molecular weight excluding hydrogens is 502 g/mol. The predicted octanol–water partition coefficient (Wildman–Crippen LogP) is 5.94. The number of benzene rings is 2. The van der Waals surface area contributed by atoms with Gasteiger partial charge in [0.05, 0.1) is 17.7 Å². The molecule has 3 aliphatic rings. The van der Waals surface area contributed by atoms with Gasteiger partial charge in [-0.2, -0.15) is 5.26 Å². The summed E-state index contributed by atoms with van der Waals surface area (Å²) in [6.07, 6.45) is 2.03. The molecule has 0 spiro atoms. The average Bonchev–Trinajstić information content (AvgIpc) is 3.74. The van der Waals surface area contributed by atoms with Crippen molar-refractivity contribution in [3.05, 3.63) is 53.6 Å². The van der Waals surface area contributed by atoms with Crippen molar-refractivity contribution < 1.29 is 14.3 Å². The number of hydrogen-bond donors (Lipinski definition) is 1. The number of nitriles is 1. The molecule has 2 aliphatic heterocycles. The minimum atomic E-state index is -0.527. The molecule has 40 heavy (non-hydrogen) atoms. The maximum atomic E-state index is 13.0. The number of piperazine rings is 1. The molecule has 0 aromatic heterocycles. The minimum Gasteiger partial charge on any atom is -0.444 e. The van der Waals surface area contributed by atoms with Crippen LogP contribution in [-0.2, 0) is 9.53 Å². The van der Waals surface area contributed by atoms with Crippen molar-refractivity contribution in [2.75, 3.05) is 34.8 Å². The zero-order valence-electron chi connectivity index (χ0n) is 24.5. The van der Waals surface area contributed by atoms with E-state index in [4.69, 9.17) is 4.74 Å². The third kappa shape index (κ3) is 5.60. The lowest BCUT2D eigenvalue weighted by Crippen LogP contribution is -2.55. The molecule has 212 valence electrons. The summed E-state index contributed by atoms with van der Waals surface area (Å²) in [4.78, 5) is 32.0. The number of fused-ring (bicyclic) bond motifs is 1. The Morgan fingerprint density at radius 2 is 1.75 bits per heavy atom. The molecule has 2 fully saturated rings. The lowest BCUT2D eigenvalue weighted by molar-refractivity contribution is -0.117. The molecule has 0 bridgehead atoms. The van der Waals surface area contributed by atoms with E-state index in [0.29, 0.717) is 31.1 Å². The van der Waals surface area contributed by atoms with E-state index in [1.54, 1.807) is 6.92 Å². The van der Waals surface area contributed by atoms with Crippen LogP contribution in [0.3, 0.4) is 0 Å². The van der Waals surface area contributed by atoms with Gasteiger partial charge in [-0.3, -0.25) is 4.79 Å². The van der Waals surface area contributed by atoms with E-state index in [1.165, 1.54) is 0 Å². The quantitative estimate of drug-likeness (QED) is 0.514. The average molecular weight is 544 g/mol. The van der Waals surface area contributed by atoms with Gasteiger partial charge in [0.1, 0.15) is 5.60 Å². The minimum absolute atomic E-state index is 0.000841. The van der Waals surface area contributed by atoms with Crippen LogP contribution in [-0.4, -0.2) is 54.2 Å². The van der Waals surface area contributed by atoms with Crippen LogP contribution in [0.1, 0.15) is 71.6 Å². The summed E-state index contributed by atoms with van der Waals surface area (Å²) in [6.45, 7) is 13.6. The van der Waals surface area contributed by atoms with E-state index < -0.39 is 5.60 Å².